The molecule has 0 radical (unpaired) electrons. The van der Waals surface area contributed by atoms with Crippen LogP contribution in [0.4, 0.5) is 5.82 Å². The fourth-order valence-electron chi connectivity index (χ4n) is 2.51. The molecule has 1 aromatic carbocycles. The molecule has 1 saturated carbocycles. The lowest BCUT2D eigenvalue weighted by molar-refractivity contribution is 0.398. The summed E-state index contributed by atoms with van der Waals surface area (Å²) in [4.78, 5) is 2.20. The van der Waals surface area contributed by atoms with Crippen molar-refractivity contribution in [3.63, 3.8) is 0 Å². The van der Waals surface area contributed by atoms with Gasteiger partial charge in [0.05, 0.1) is 14.2 Å². The summed E-state index contributed by atoms with van der Waals surface area (Å²) in [5.74, 6) is 2.39. The molecule has 0 N–H and O–H groups in total. The standard InChI is InChI=1S/C17H18N4O2/c1-22-15-6-7-16(23-2)12(9-15)11-21(14-4-5-14)17-8-3-13(10-18)19-20-17/h3,6-9,14H,4-5,11H2,1-2H3. The molecule has 0 spiro atoms. The maximum absolute atomic E-state index is 8.85. The summed E-state index contributed by atoms with van der Waals surface area (Å²) in [6.45, 7) is 0.658. The number of anilines is 1. The molecular weight excluding hydrogens is 292 g/mol. The smallest absolute Gasteiger partial charge is 0.163 e. The Balaban J connectivity index is 1.89. The summed E-state index contributed by atoms with van der Waals surface area (Å²) < 4.78 is 10.8. The van der Waals surface area contributed by atoms with E-state index >= 15 is 0 Å². The molecule has 1 heterocycles. The monoisotopic (exact) mass is 310 g/mol. The minimum Gasteiger partial charge on any atom is -0.497 e. The minimum atomic E-state index is 0.323. The zero-order valence-corrected chi connectivity index (χ0v) is 13.2. The first-order chi connectivity index (χ1) is 11.2. The fraction of sp³-hybridized carbons (Fsp3) is 0.353. The highest BCUT2D eigenvalue weighted by molar-refractivity contribution is 5.47. The number of hydrogen-bond donors (Lipinski definition) is 0. The first-order valence-corrected chi connectivity index (χ1v) is 7.46. The maximum Gasteiger partial charge on any atom is 0.163 e. The van der Waals surface area contributed by atoms with Crippen LogP contribution < -0.4 is 14.4 Å². The van der Waals surface area contributed by atoms with Crippen molar-refractivity contribution in [2.45, 2.75) is 25.4 Å². The first-order valence-electron chi connectivity index (χ1n) is 7.46. The predicted molar refractivity (Wildman–Crippen MR) is 85.5 cm³/mol. The number of ether oxygens (including phenoxy) is 2. The number of benzene rings is 1. The summed E-state index contributed by atoms with van der Waals surface area (Å²) in [6.07, 6.45) is 2.27. The van der Waals surface area contributed by atoms with Crippen molar-refractivity contribution in [3.8, 4) is 17.6 Å². The predicted octanol–water partition coefficient (Wildman–Crippen LogP) is 2.53. The Morgan fingerprint density at radius 3 is 2.57 bits per heavy atom. The Labute approximate surface area is 135 Å². The van der Waals surface area contributed by atoms with E-state index in [-0.39, 0.29) is 0 Å². The Hall–Kier alpha value is -2.81. The zero-order valence-electron chi connectivity index (χ0n) is 13.2. The topological polar surface area (TPSA) is 71.3 Å². The number of aromatic nitrogens is 2. The molecule has 0 atom stereocenters. The van der Waals surface area contributed by atoms with Crippen LogP contribution in [-0.2, 0) is 6.54 Å². The molecular formula is C17H18N4O2. The summed E-state index contributed by atoms with van der Waals surface area (Å²) >= 11 is 0. The summed E-state index contributed by atoms with van der Waals surface area (Å²) in [5.41, 5.74) is 1.35. The molecule has 6 nitrogen and oxygen atoms in total. The van der Waals surface area contributed by atoms with Crippen LogP contribution in [0.1, 0.15) is 24.1 Å². The van der Waals surface area contributed by atoms with Crippen molar-refractivity contribution in [2.24, 2.45) is 0 Å². The van der Waals surface area contributed by atoms with Crippen molar-refractivity contribution in [1.29, 1.82) is 5.26 Å². The molecule has 6 heteroatoms. The van der Waals surface area contributed by atoms with Crippen LogP contribution in [0, 0.1) is 11.3 Å². The van der Waals surface area contributed by atoms with Crippen LogP contribution in [0.15, 0.2) is 30.3 Å². The number of hydrogen-bond acceptors (Lipinski definition) is 6. The van der Waals surface area contributed by atoms with E-state index in [0.29, 0.717) is 18.3 Å². The van der Waals surface area contributed by atoms with Gasteiger partial charge in [0.1, 0.15) is 17.6 Å². The number of methoxy groups -OCH3 is 2. The third kappa shape index (κ3) is 3.34. The average Bonchev–Trinajstić information content (AvgIpc) is 3.44. The van der Waals surface area contributed by atoms with Crippen molar-refractivity contribution in [3.05, 3.63) is 41.6 Å². The van der Waals surface area contributed by atoms with Gasteiger partial charge in [0.25, 0.3) is 0 Å². The van der Waals surface area contributed by atoms with E-state index in [1.807, 2.05) is 30.3 Å². The Kier molecular flexibility index (Phi) is 4.29. The van der Waals surface area contributed by atoms with Gasteiger partial charge in [-0.25, -0.2) is 0 Å². The first kappa shape index (κ1) is 15.1. The van der Waals surface area contributed by atoms with Crippen LogP contribution in [0.2, 0.25) is 0 Å². The van der Waals surface area contributed by atoms with E-state index in [2.05, 4.69) is 15.1 Å². The highest BCUT2D eigenvalue weighted by atomic mass is 16.5. The Bertz CT molecular complexity index is 720. The second-order valence-electron chi connectivity index (χ2n) is 5.43. The van der Waals surface area contributed by atoms with Crippen LogP contribution in [-0.4, -0.2) is 30.5 Å². The van der Waals surface area contributed by atoms with Crippen LogP contribution >= 0.6 is 0 Å². The molecule has 1 aromatic heterocycles. The lowest BCUT2D eigenvalue weighted by Crippen LogP contribution is -2.26. The summed E-state index contributed by atoms with van der Waals surface area (Å²) in [6, 6.07) is 11.7. The van der Waals surface area contributed by atoms with Gasteiger partial charge in [-0.1, -0.05) is 0 Å². The summed E-state index contributed by atoms with van der Waals surface area (Å²) in [7, 11) is 3.31. The lowest BCUT2D eigenvalue weighted by Gasteiger charge is -2.24. The second-order valence-corrected chi connectivity index (χ2v) is 5.43. The molecule has 2 aromatic rings. The molecule has 23 heavy (non-hydrogen) atoms. The Morgan fingerprint density at radius 1 is 1.17 bits per heavy atom. The molecule has 0 aliphatic heterocycles. The largest absolute Gasteiger partial charge is 0.497 e. The fourth-order valence-corrected chi connectivity index (χ4v) is 2.51. The van der Waals surface area contributed by atoms with Gasteiger partial charge in [0.15, 0.2) is 11.5 Å². The molecule has 118 valence electrons. The van der Waals surface area contributed by atoms with E-state index < -0.39 is 0 Å². The van der Waals surface area contributed by atoms with Crippen LogP contribution in [0.25, 0.3) is 0 Å². The van der Waals surface area contributed by atoms with Gasteiger partial charge >= 0.3 is 0 Å². The lowest BCUT2D eigenvalue weighted by atomic mass is 10.1. The molecule has 0 amide bonds. The average molecular weight is 310 g/mol. The molecule has 0 unspecified atom stereocenters. The second kappa shape index (κ2) is 6.53. The van der Waals surface area contributed by atoms with Gasteiger partial charge in [0.2, 0.25) is 0 Å². The van der Waals surface area contributed by atoms with Gasteiger partial charge in [-0.3, -0.25) is 0 Å². The van der Waals surface area contributed by atoms with E-state index in [9.17, 15) is 0 Å². The highest BCUT2D eigenvalue weighted by Gasteiger charge is 2.31. The van der Waals surface area contributed by atoms with Crippen molar-refractivity contribution in [1.82, 2.24) is 10.2 Å². The third-order valence-corrected chi connectivity index (χ3v) is 3.88. The van der Waals surface area contributed by atoms with Gasteiger partial charge in [-0.15, -0.1) is 10.2 Å². The van der Waals surface area contributed by atoms with Gasteiger partial charge in [-0.2, -0.15) is 5.26 Å². The van der Waals surface area contributed by atoms with E-state index in [1.54, 1.807) is 20.3 Å². The molecule has 1 aliphatic carbocycles. The van der Waals surface area contributed by atoms with Crippen LogP contribution in [0.3, 0.4) is 0 Å². The normalized spacial score (nSPS) is 13.3. The van der Waals surface area contributed by atoms with Crippen molar-refractivity contribution >= 4 is 5.82 Å². The molecule has 1 fully saturated rings. The van der Waals surface area contributed by atoms with E-state index in [0.717, 1.165) is 35.7 Å². The van der Waals surface area contributed by atoms with E-state index in [4.69, 9.17) is 14.7 Å². The van der Waals surface area contributed by atoms with Gasteiger partial charge in [-0.05, 0) is 43.2 Å². The molecule has 0 bridgehead atoms. The van der Waals surface area contributed by atoms with Gasteiger partial charge < -0.3 is 14.4 Å². The van der Waals surface area contributed by atoms with Crippen molar-refractivity contribution in [2.75, 3.05) is 19.1 Å². The van der Waals surface area contributed by atoms with Gasteiger partial charge in [0, 0.05) is 18.2 Å². The highest BCUT2D eigenvalue weighted by Crippen LogP contribution is 2.34. The molecule has 3 rings (SSSR count). The zero-order chi connectivity index (χ0) is 16.2. The molecule has 0 saturated heterocycles. The quantitative estimate of drug-likeness (QED) is 0.816. The van der Waals surface area contributed by atoms with Crippen molar-refractivity contribution < 1.29 is 9.47 Å². The Morgan fingerprint density at radius 2 is 2.00 bits per heavy atom. The number of nitrogens with zero attached hydrogens (tertiary/aromatic N) is 4. The number of rotatable bonds is 6. The minimum absolute atomic E-state index is 0.323. The van der Waals surface area contributed by atoms with Crippen LogP contribution in [0.5, 0.6) is 11.5 Å². The SMILES string of the molecule is COc1ccc(OC)c(CN(c2ccc(C#N)nn2)C2CC2)c1. The summed E-state index contributed by atoms with van der Waals surface area (Å²) in [5, 5.41) is 17.0. The number of nitriles is 1. The molecule has 1 aliphatic rings. The van der Waals surface area contributed by atoms with E-state index in [1.165, 1.54) is 0 Å². The maximum atomic E-state index is 8.85. The third-order valence-electron chi connectivity index (χ3n) is 3.88.